The molecule has 1 saturated carbocycles. The third kappa shape index (κ3) is 2.07. The summed E-state index contributed by atoms with van der Waals surface area (Å²) in [6.07, 6.45) is 0.829. The molecule has 3 atom stereocenters. The maximum absolute atomic E-state index is 10.5. The van der Waals surface area contributed by atoms with Gasteiger partial charge in [-0.15, -0.1) is 11.6 Å². The van der Waals surface area contributed by atoms with Gasteiger partial charge in [-0.25, -0.2) is 0 Å². The molecule has 4 heteroatoms. The van der Waals surface area contributed by atoms with E-state index in [9.17, 15) is 9.90 Å². The summed E-state index contributed by atoms with van der Waals surface area (Å²) in [7, 11) is 0. The van der Waals surface area contributed by atoms with Gasteiger partial charge in [-0.3, -0.25) is 4.79 Å². The quantitative estimate of drug-likeness (QED) is 0.585. The largest absolute Gasteiger partial charge is 0.481 e. The van der Waals surface area contributed by atoms with Crippen LogP contribution in [0.2, 0.25) is 0 Å². The van der Waals surface area contributed by atoms with Crippen molar-refractivity contribution in [2.75, 3.05) is 0 Å². The van der Waals surface area contributed by atoms with Crippen molar-refractivity contribution in [3.8, 4) is 0 Å². The molecule has 0 aromatic rings. The topological polar surface area (TPSA) is 57.5 Å². The third-order valence-electron chi connectivity index (χ3n) is 2.08. The van der Waals surface area contributed by atoms with Gasteiger partial charge in [0.1, 0.15) is 0 Å². The van der Waals surface area contributed by atoms with Crippen molar-refractivity contribution < 1.29 is 15.0 Å². The summed E-state index contributed by atoms with van der Waals surface area (Å²) >= 11 is 5.69. The number of aliphatic hydroxyl groups is 1. The first-order chi connectivity index (χ1) is 5.11. The molecule has 0 amide bonds. The second-order valence-corrected chi connectivity index (χ2v) is 3.49. The Morgan fingerprint density at radius 3 is 2.55 bits per heavy atom. The van der Waals surface area contributed by atoms with Crippen LogP contribution in [-0.4, -0.2) is 27.7 Å². The number of alkyl halides is 1. The fourth-order valence-electron chi connectivity index (χ4n) is 1.33. The van der Waals surface area contributed by atoms with Crippen molar-refractivity contribution in [2.24, 2.45) is 5.92 Å². The Kier molecular flexibility index (Phi) is 2.73. The molecule has 0 unspecified atom stereocenters. The first-order valence-corrected chi connectivity index (χ1v) is 4.10. The lowest BCUT2D eigenvalue weighted by atomic mass is 9.87. The molecule has 0 aliphatic heterocycles. The van der Waals surface area contributed by atoms with Crippen LogP contribution < -0.4 is 0 Å². The minimum atomic E-state index is -0.826. The Bertz CT molecular complexity index is 160. The van der Waals surface area contributed by atoms with Crippen LogP contribution in [0, 0.1) is 5.92 Å². The van der Waals surface area contributed by atoms with Gasteiger partial charge in [0.15, 0.2) is 0 Å². The highest BCUT2D eigenvalue weighted by Gasteiger charge is 2.31. The molecule has 11 heavy (non-hydrogen) atoms. The van der Waals surface area contributed by atoms with Crippen molar-refractivity contribution in [2.45, 2.75) is 30.7 Å². The number of carboxylic acids is 1. The monoisotopic (exact) mass is 178 g/mol. The summed E-state index contributed by atoms with van der Waals surface area (Å²) in [4.78, 5) is 10.5. The van der Waals surface area contributed by atoms with Crippen LogP contribution >= 0.6 is 11.6 Å². The number of halogens is 1. The van der Waals surface area contributed by atoms with Crippen LogP contribution in [0.4, 0.5) is 0 Å². The first kappa shape index (κ1) is 8.81. The van der Waals surface area contributed by atoms with Crippen LogP contribution in [0.1, 0.15) is 19.3 Å². The molecular formula is C7H11ClO3. The van der Waals surface area contributed by atoms with E-state index in [4.69, 9.17) is 16.7 Å². The van der Waals surface area contributed by atoms with Gasteiger partial charge in [0.05, 0.1) is 17.4 Å². The number of carbonyl (C=O) groups is 1. The number of rotatable bonds is 1. The van der Waals surface area contributed by atoms with Crippen molar-refractivity contribution >= 4 is 17.6 Å². The molecule has 0 aromatic carbocycles. The van der Waals surface area contributed by atoms with Crippen LogP contribution in [-0.2, 0) is 4.79 Å². The number of carboxylic acid groups (broad SMARTS) is 1. The van der Waals surface area contributed by atoms with E-state index in [1.165, 1.54) is 0 Å². The molecule has 1 rings (SSSR count). The summed E-state index contributed by atoms with van der Waals surface area (Å²) in [6.45, 7) is 0. The van der Waals surface area contributed by atoms with Gasteiger partial charge in [-0.2, -0.15) is 0 Å². The summed E-state index contributed by atoms with van der Waals surface area (Å²) < 4.78 is 0. The van der Waals surface area contributed by atoms with E-state index in [1.54, 1.807) is 0 Å². The van der Waals surface area contributed by atoms with Gasteiger partial charge in [0.25, 0.3) is 0 Å². The van der Waals surface area contributed by atoms with Gasteiger partial charge in [0.2, 0.25) is 0 Å². The molecule has 1 aliphatic rings. The lowest BCUT2D eigenvalue weighted by Gasteiger charge is -2.26. The van der Waals surface area contributed by atoms with E-state index in [-0.39, 0.29) is 5.38 Å². The Balaban J connectivity index is 2.46. The predicted octanol–water partition coefficient (Wildman–Crippen LogP) is 0.839. The lowest BCUT2D eigenvalue weighted by Crippen LogP contribution is -2.33. The summed E-state index contributed by atoms with van der Waals surface area (Å²) in [6, 6.07) is 0. The van der Waals surface area contributed by atoms with Gasteiger partial charge in [-0.05, 0) is 19.3 Å². The van der Waals surface area contributed by atoms with Gasteiger partial charge in [-0.1, -0.05) is 0 Å². The van der Waals surface area contributed by atoms with Crippen LogP contribution in [0.5, 0.6) is 0 Å². The number of aliphatic hydroxyl groups excluding tert-OH is 1. The van der Waals surface area contributed by atoms with Crippen molar-refractivity contribution in [3.05, 3.63) is 0 Å². The molecule has 64 valence electrons. The van der Waals surface area contributed by atoms with E-state index >= 15 is 0 Å². The minimum Gasteiger partial charge on any atom is -0.481 e. The zero-order chi connectivity index (χ0) is 8.43. The second kappa shape index (κ2) is 3.41. The summed E-state index contributed by atoms with van der Waals surface area (Å²) in [5.41, 5.74) is 0. The zero-order valence-corrected chi connectivity index (χ0v) is 6.79. The van der Waals surface area contributed by atoms with E-state index in [2.05, 4.69) is 0 Å². The smallest absolute Gasteiger partial charge is 0.306 e. The van der Waals surface area contributed by atoms with Crippen LogP contribution in [0.15, 0.2) is 0 Å². The fraction of sp³-hybridized carbons (Fsp3) is 0.857. The standard InChI is InChI=1S/C7H11ClO3/c8-5-2-1-4(7(10)11)3-6(5)9/h4-6,9H,1-3H2,(H,10,11)/t4-,5+,6+/m1/s1. The van der Waals surface area contributed by atoms with Crippen LogP contribution in [0.25, 0.3) is 0 Å². The Morgan fingerprint density at radius 1 is 1.45 bits per heavy atom. The predicted molar refractivity (Wildman–Crippen MR) is 40.6 cm³/mol. The summed E-state index contributed by atoms with van der Waals surface area (Å²) in [5, 5.41) is 17.5. The fourth-order valence-corrected chi connectivity index (χ4v) is 1.56. The number of hydrogen-bond acceptors (Lipinski definition) is 2. The molecule has 0 heterocycles. The average Bonchev–Trinajstić information content (AvgIpc) is 1.94. The highest BCUT2D eigenvalue weighted by Crippen LogP contribution is 2.27. The summed E-state index contributed by atoms with van der Waals surface area (Å²) in [5.74, 6) is -1.23. The van der Waals surface area contributed by atoms with E-state index in [1.807, 2.05) is 0 Å². The molecule has 0 radical (unpaired) electrons. The normalized spacial score (nSPS) is 38.5. The molecule has 1 fully saturated rings. The highest BCUT2D eigenvalue weighted by molar-refractivity contribution is 6.21. The van der Waals surface area contributed by atoms with E-state index in [0.717, 1.165) is 0 Å². The Hall–Kier alpha value is -0.280. The molecule has 0 spiro atoms. The SMILES string of the molecule is O=C(O)[C@@H]1CC[C@H](Cl)[C@@H](O)C1. The first-order valence-electron chi connectivity index (χ1n) is 3.66. The third-order valence-corrected chi connectivity index (χ3v) is 2.59. The van der Waals surface area contributed by atoms with Gasteiger partial charge in [0, 0.05) is 0 Å². The van der Waals surface area contributed by atoms with Crippen molar-refractivity contribution in [3.63, 3.8) is 0 Å². The maximum Gasteiger partial charge on any atom is 0.306 e. The average molecular weight is 179 g/mol. The lowest BCUT2D eigenvalue weighted by molar-refractivity contribution is -0.144. The zero-order valence-electron chi connectivity index (χ0n) is 6.03. The molecule has 3 nitrogen and oxygen atoms in total. The number of hydrogen-bond donors (Lipinski definition) is 2. The van der Waals surface area contributed by atoms with Crippen molar-refractivity contribution in [1.82, 2.24) is 0 Å². The molecule has 1 aliphatic carbocycles. The maximum atomic E-state index is 10.5. The molecular weight excluding hydrogens is 168 g/mol. The van der Waals surface area contributed by atoms with Crippen molar-refractivity contribution in [1.29, 1.82) is 0 Å². The molecule has 2 N–H and O–H groups in total. The molecule has 0 saturated heterocycles. The highest BCUT2D eigenvalue weighted by atomic mass is 35.5. The van der Waals surface area contributed by atoms with Gasteiger partial charge >= 0.3 is 5.97 Å². The van der Waals surface area contributed by atoms with Gasteiger partial charge < -0.3 is 10.2 Å². The van der Waals surface area contributed by atoms with E-state index in [0.29, 0.717) is 19.3 Å². The minimum absolute atomic E-state index is 0.259. The second-order valence-electron chi connectivity index (χ2n) is 2.93. The molecule has 0 bridgehead atoms. The molecule has 0 aromatic heterocycles. The Morgan fingerprint density at radius 2 is 2.09 bits per heavy atom. The Labute approximate surface area is 70.0 Å². The van der Waals surface area contributed by atoms with E-state index < -0.39 is 18.0 Å². The number of aliphatic carboxylic acids is 1. The van der Waals surface area contributed by atoms with Crippen LogP contribution in [0.3, 0.4) is 0 Å².